The second kappa shape index (κ2) is 4.90. The molecule has 0 aliphatic heterocycles. The maximum atomic E-state index is 10.9. The van der Waals surface area contributed by atoms with Crippen molar-refractivity contribution in [3.05, 3.63) is 50.2 Å². The summed E-state index contributed by atoms with van der Waals surface area (Å²) in [7, 11) is 0. The van der Waals surface area contributed by atoms with Gasteiger partial charge in [0, 0.05) is 21.7 Å². The van der Waals surface area contributed by atoms with Crippen LogP contribution >= 0.6 is 23.2 Å². The van der Waals surface area contributed by atoms with Gasteiger partial charge in [-0.2, -0.15) is 5.10 Å². The van der Waals surface area contributed by atoms with Crippen LogP contribution < -0.4 is 5.56 Å². The van der Waals surface area contributed by atoms with Crippen molar-refractivity contribution in [2.75, 3.05) is 0 Å². The van der Waals surface area contributed by atoms with E-state index in [4.69, 9.17) is 23.2 Å². The van der Waals surface area contributed by atoms with Gasteiger partial charge in [-0.25, -0.2) is 5.10 Å². The van der Waals surface area contributed by atoms with Crippen molar-refractivity contribution in [2.45, 2.75) is 13.3 Å². The largest absolute Gasteiger partial charge is 0.268 e. The Kier molecular flexibility index (Phi) is 3.50. The molecular formula is C12H10Cl2N2O. The van der Waals surface area contributed by atoms with Gasteiger partial charge in [0.2, 0.25) is 0 Å². The third-order valence-electron chi connectivity index (χ3n) is 2.47. The average Bonchev–Trinajstić information content (AvgIpc) is 2.29. The number of aromatic amines is 1. The first-order valence-corrected chi connectivity index (χ1v) is 5.91. The third-order valence-corrected chi connectivity index (χ3v) is 3.14. The Morgan fingerprint density at radius 1 is 1.24 bits per heavy atom. The molecule has 1 aromatic carbocycles. The fourth-order valence-electron chi connectivity index (χ4n) is 1.59. The SMILES string of the molecule is CCc1c(Cl)cc(-c2ccc(=O)[nH]n2)cc1Cl. The minimum Gasteiger partial charge on any atom is -0.268 e. The summed E-state index contributed by atoms with van der Waals surface area (Å²) >= 11 is 12.3. The molecule has 0 bridgehead atoms. The van der Waals surface area contributed by atoms with Crippen LogP contribution in [0.3, 0.4) is 0 Å². The lowest BCUT2D eigenvalue weighted by Crippen LogP contribution is -2.05. The van der Waals surface area contributed by atoms with Gasteiger partial charge in [-0.3, -0.25) is 4.79 Å². The highest BCUT2D eigenvalue weighted by Gasteiger charge is 2.08. The average molecular weight is 269 g/mol. The van der Waals surface area contributed by atoms with E-state index in [2.05, 4.69) is 10.2 Å². The van der Waals surface area contributed by atoms with Crippen LogP contribution in [0.5, 0.6) is 0 Å². The van der Waals surface area contributed by atoms with E-state index in [-0.39, 0.29) is 5.56 Å². The topological polar surface area (TPSA) is 45.8 Å². The molecule has 88 valence electrons. The molecule has 0 saturated carbocycles. The zero-order valence-electron chi connectivity index (χ0n) is 9.13. The Bertz CT molecular complexity index is 564. The highest BCUT2D eigenvalue weighted by atomic mass is 35.5. The predicted molar refractivity (Wildman–Crippen MR) is 69.7 cm³/mol. The number of nitrogens with one attached hydrogen (secondary N) is 1. The molecule has 0 amide bonds. The Labute approximate surface area is 108 Å². The summed E-state index contributed by atoms with van der Waals surface area (Å²) in [6, 6.07) is 6.64. The Morgan fingerprint density at radius 3 is 2.35 bits per heavy atom. The van der Waals surface area contributed by atoms with Crippen molar-refractivity contribution >= 4 is 23.2 Å². The van der Waals surface area contributed by atoms with E-state index >= 15 is 0 Å². The molecule has 0 atom stereocenters. The molecular weight excluding hydrogens is 259 g/mol. The second-order valence-corrected chi connectivity index (χ2v) is 4.39. The second-order valence-electron chi connectivity index (χ2n) is 3.58. The molecule has 2 aromatic rings. The van der Waals surface area contributed by atoms with Gasteiger partial charge in [0.25, 0.3) is 5.56 Å². The van der Waals surface area contributed by atoms with Crippen molar-refractivity contribution in [2.24, 2.45) is 0 Å². The van der Waals surface area contributed by atoms with Gasteiger partial charge < -0.3 is 0 Å². The molecule has 1 heterocycles. The van der Waals surface area contributed by atoms with E-state index in [0.29, 0.717) is 15.7 Å². The van der Waals surface area contributed by atoms with E-state index in [0.717, 1.165) is 17.5 Å². The summed E-state index contributed by atoms with van der Waals surface area (Å²) in [6.07, 6.45) is 0.775. The van der Waals surface area contributed by atoms with Crippen LogP contribution in [-0.4, -0.2) is 10.2 Å². The lowest BCUT2D eigenvalue weighted by atomic mass is 10.1. The minimum atomic E-state index is -0.240. The molecule has 17 heavy (non-hydrogen) atoms. The first-order valence-electron chi connectivity index (χ1n) is 5.16. The number of benzene rings is 1. The molecule has 1 aromatic heterocycles. The number of hydrogen-bond donors (Lipinski definition) is 1. The lowest BCUT2D eigenvalue weighted by molar-refractivity contribution is 0.995. The van der Waals surface area contributed by atoms with Crippen LogP contribution in [0.15, 0.2) is 29.1 Å². The van der Waals surface area contributed by atoms with Crippen LogP contribution in [0.2, 0.25) is 10.0 Å². The van der Waals surface area contributed by atoms with E-state index in [1.54, 1.807) is 18.2 Å². The quantitative estimate of drug-likeness (QED) is 0.909. The van der Waals surface area contributed by atoms with Gasteiger partial charge in [0.05, 0.1) is 5.69 Å². The van der Waals surface area contributed by atoms with Gasteiger partial charge in [0.1, 0.15) is 0 Å². The normalized spacial score (nSPS) is 10.5. The molecule has 3 nitrogen and oxygen atoms in total. The third kappa shape index (κ3) is 2.51. The van der Waals surface area contributed by atoms with Crippen molar-refractivity contribution in [1.29, 1.82) is 0 Å². The summed E-state index contributed by atoms with van der Waals surface area (Å²) in [6.45, 7) is 1.99. The van der Waals surface area contributed by atoms with Crippen LogP contribution in [0.25, 0.3) is 11.3 Å². The van der Waals surface area contributed by atoms with Crippen molar-refractivity contribution in [3.63, 3.8) is 0 Å². The Balaban J connectivity index is 2.54. The summed E-state index contributed by atoms with van der Waals surface area (Å²) in [5.41, 5.74) is 2.10. The monoisotopic (exact) mass is 268 g/mol. The minimum absolute atomic E-state index is 0.240. The molecule has 0 aliphatic carbocycles. The maximum absolute atomic E-state index is 10.9. The summed E-state index contributed by atoms with van der Waals surface area (Å²) < 4.78 is 0. The van der Waals surface area contributed by atoms with Crippen molar-refractivity contribution in [1.82, 2.24) is 10.2 Å². The smallest absolute Gasteiger partial charge is 0.264 e. The standard InChI is InChI=1S/C12H10Cl2N2O/c1-2-8-9(13)5-7(6-10(8)14)11-3-4-12(17)16-15-11/h3-6H,2H2,1H3,(H,16,17). The number of hydrogen-bond acceptors (Lipinski definition) is 2. The van der Waals surface area contributed by atoms with E-state index in [1.165, 1.54) is 6.07 Å². The molecule has 0 saturated heterocycles. The first kappa shape index (κ1) is 12.1. The number of halogens is 2. The van der Waals surface area contributed by atoms with Gasteiger partial charge in [-0.1, -0.05) is 30.1 Å². The van der Waals surface area contributed by atoms with Crippen LogP contribution in [-0.2, 0) is 6.42 Å². The summed E-state index contributed by atoms with van der Waals surface area (Å²) in [4.78, 5) is 10.9. The fourth-order valence-corrected chi connectivity index (χ4v) is 2.35. The van der Waals surface area contributed by atoms with Crippen LogP contribution in [0.4, 0.5) is 0 Å². The lowest BCUT2D eigenvalue weighted by Gasteiger charge is -2.07. The van der Waals surface area contributed by atoms with E-state index in [1.807, 2.05) is 6.92 Å². The predicted octanol–water partition coefficient (Wildman–Crippen LogP) is 3.31. The number of H-pyrrole nitrogens is 1. The van der Waals surface area contributed by atoms with Crippen molar-refractivity contribution in [3.8, 4) is 11.3 Å². The molecule has 0 spiro atoms. The highest BCUT2D eigenvalue weighted by molar-refractivity contribution is 6.36. The molecule has 0 radical (unpaired) electrons. The summed E-state index contributed by atoms with van der Waals surface area (Å²) in [5.74, 6) is 0. The maximum Gasteiger partial charge on any atom is 0.264 e. The van der Waals surface area contributed by atoms with Crippen LogP contribution in [0.1, 0.15) is 12.5 Å². The van der Waals surface area contributed by atoms with Gasteiger partial charge in [-0.15, -0.1) is 0 Å². The Morgan fingerprint density at radius 2 is 1.88 bits per heavy atom. The molecule has 0 fully saturated rings. The molecule has 0 aliphatic rings. The molecule has 0 unspecified atom stereocenters. The van der Waals surface area contributed by atoms with Crippen molar-refractivity contribution < 1.29 is 0 Å². The number of nitrogens with zero attached hydrogens (tertiary/aromatic N) is 1. The molecule has 2 rings (SSSR count). The Hall–Kier alpha value is -1.32. The highest BCUT2D eigenvalue weighted by Crippen LogP contribution is 2.30. The number of aromatic nitrogens is 2. The van der Waals surface area contributed by atoms with Gasteiger partial charge in [-0.05, 0) is 30.2 Å². The van der Waals surface area contributed by atoms with Crippen LogP contribution in [0, 0.1) is 0 Å². The zero-order valence-corrected chi connectivity index (χ0v) is 10.6. The zero-order chi connectivity index (χ0) is 12.4. The van der Waals surface area contributed by atoms with E-state index in [9.17, 15) is 4.79 Å². The molecule has 5 heteroatoms. The first-order chi connectivity index (χ1) is 8.11. The fraction of sp³-hybridized carbons (Fsp3) is 0.167. The van der Waals surface area contributed by atoms with Gasteiger partial charge in [0.15, 0.2) is 0 Å². The van der Waals surface area contributed by atoms with E-state index < -0.39 is 0 Å². The number of rotatable bonds is 2. The summed E-state index contributed by atoms with van der Waals surface area (Å²) in [5, 5.41) is 7.53. The van der Waals surface area contributed by atoms with Gasteiger partial charge >= 0.3 is 0 Å². The molecule has 1 N–H and O–H groups in total.